The molecule has 0 spiro atoms. The highest BCUT2D eigenvalue weighted by atomic mass is 16.3. The first kappa shape index (κ1) is 12.8. The second kappa shape index (κ2) is 6.36. The number of nitrogens with one attached hydrogen (secondary N) is 1. The number of aliphatic hydroxyl groups excluding tert-OH is 1. The van der Waals surface area contributed by atoms with Gasteiger partial charge in [-0.3, -0.25) is 4.79 Å². The molecule has 1 fully saturated rings. The van der Waals surface area contributed by atoms with Gasteiger partial charge in [0, 0.05) is 12.6 Å². The standard InChI is InChI=1S/C15H19NO2/c17-14(13-7-8-13)10-11-16-15(18)9-6-12-4-2-1-3-5-12/h1-6,9,13-14,17H,7-8,10-11H2,(H,16,18)/b9-6+/t14-/m1/s1. The Morgan fingerprint density at radius 1 is 1.39 bits per heavy atom. The quantitative estimate of drug-likeness (QED) is 0.753. The lowest BCUT2D eigenvalue weighted by atomic mass is 10.1. The lowest BCUT2D eigenvalue weighted by Crippen LogP contribution is -2.26. The average molecular weight is 245 g/mol. The van der Waals surface area contributed by atoms with Gasteiger partial charge in [0.2, 0.25) is 5.91 Å². The molecule has 96 valence electrons. The molecule has 0 heterocycles. The van der Waals surface area contributed by atoms with Crippen LogP contribution in [0.15, 0.2) is 36.4 Å². The Balaban J connectivity index is 1.67. The van der Waals surface area contributed by atoms with Crippen LogP contribution in [0.4, 0.5) is 0 Å². The molecule has 0 aliphatic heterocycles. The van der Waals surface area contributed by atoms with E-state index in [1.807, 2.05) is 30.3 Å². The molecule has 0 unspecified atom stereocenters. The van der Waals surface area contributed by atoms with Gasteiger partial charge in [0.25, 0.3) is 0 Å². The second-order valence-corrected chi connectivity index (χ2v) is 4.73. The smallest absolute Gasteiger partial charge is 0.244 e. The summed E-state index contributed by atoms with van der Waals surface area (Å²) in [5.74, 6) is 0.364. The zero-order chi connectivity index (χ0) is 12.8. The fourth-order valence-electron chi connectivity index (χ4n) is 1.85. The summed E-state index contributed by atoms with van der Waals surface area (Å²) in [7, 11) is 0. The summed E-state index contributed by atoms with van der Waals surface area (Å²) in [6.07, 6.45) is 5.97. The van der Waals surface area contributed by atoms with Crippen LogP contribution < -0.4 is 5.32 Å². The number of hydrogen-bond acceptors (Lipinski definition) is 2. The Kier molecular flexibility index (Phi) is 4.53. The number of benzene rings is 1. The van der Waals surface area contributed by atoms with Gasteiger partial charge in [-0.05, 0) is 36.8 Å². The minimum absolute atomic E-state index is 0.109. The van der Waals surface area contributed by atoms with Gasteiger partial charge in [-0.15, -0.1) is 0 Å². The summed E-state index contributed by atoms with van der Waals surface area (Å²) in [4.78, 5) is 11.5. The predicted molar refractivity (Wildman–Crippen MR) is 71.8 cm³/mol. The highest BCUT2D eigenvalue weighted by molar-refractivity contribution is 5.91. The SMILES string of the molecule is O=C(/C=C/c1ccccc1)NCC[C@@H](O)C1CC1. The summed E-state index contributed by atoms with van der Waals surface area (Å²) >= 11 is 0. The van der Waals surface area contributed by atoms with E-state index in [2.05, 4.69) is 5.32 Å². The molecule has 1 atom stereocenters. The first-order valence-corrected chi connectivity index (χ1v) is 6.45. The van der Waals surface area contributed by atoms with Crippen LogP contribution in [0, 0.1) is 5.92 Å². The minimum Gasteiger partial charge on any atom is -0.393 e. The fraction of sp³-hybridized carbons (Fsp3) is 0.400. The molecule has 1 aromatic rings. The van der Waals surface area contributed by atoms with Crippen LogP contribution >= 0.6 is 0 Å². The van der Waals surface area contributed by atoms with E-state index in [4.69, 9.17) is 0 Å². The third-order valence-electron chi connectivity index (χ3n) is 3.13. The molecule has 1 amide bonds. The normalized spacial score (nSPS) is 16.7. The van der Waals surface area contributed by atoms with E-state index in [9.17, 15) is 9.90 Å². The van der Waals surface area contributed by atoms with Crippen LogP contribution in [0.1, 0.15) is 24.8 Å². The van der Waals surface area contributed by atoms with Crippen molar-refractivity contribution in [1.29, 1.82) is 0 Å². The molecule has 2 rings (SSSR count). The highest BCUT2D eigenvalue weighted by Gasteiger charge is 2.28. The Labute approximate surface area is 108 Å². The molecule has 0 saturated heterocycles. The molecule has 1 aliphatic carbocycles. The summed E-state index contributed by atoms with van der Waals surface area (Å²) in [6.45, 7) is 0.537. The molecule has 1 aromatic carbocycles. The number of amides is 1. The lowest BCUT2D eigenvalue weighted by molar-refractivity contribution is -0.116. The van der Waals surface area contributed by atoms with Gasteiger partial charge in [-0.25, -0.2) is 0 Å². The molecular formula is C15H19NO2. The summed E-state index contributed by atoms with van der Waals surface area (Å²) in [5.41, 5.74) is 1.01. The van der Waals surface area contributed by atoms with E-state index in [0.29, 0.717) is 18.9 Å². The van der Waals surface area contributed by atoms with Crippen molar-refractivity contribution in [2.75, 3.05) is 6.54 Å². The predicted octanol–water partition coefficient (Wildman–Crippen LogP) is 1.98. The Bertz CT molecular complexity index is 410. The van der Waals surface area contributed by atoms with E-state index in [1.54, 1.807) is 6.08 Å². The van der Waals surface area contributed by atoms with E-state index in [-0.39, 0.29) is 12.0 Å². The Morgan fingerprint density at radius 3 is 2.78 bits per heavy atom. The fourth-order valence-corrected chi connectivity index (χ4v) is 1.85. The zero-order valence-electron chi connectivity index (χ0n) is 10.4. The van der Waals surface area contributed by atoms with E-state index in [0.717, 1.165) is 18.4 Å². The maximum atomic E-state index is 11.5. The molecule has 3 nitrogen and oxygen atoms in total. The number of hydrogen-bond donors (Lipinski definition) is 2. The van der Waals surface area contributed by atoms with Crippen molar-refractivity contribution in [3.05, 3.63) is 42.0 Å². The Hall–Kier alpha value is -1.61. The second-order valence-electron chi connectivity index (χ2n) is 4.73. The average Bonchev–Trinajstić information content (AvgIpc) is 3.22. The van der Waals surface area contributed by atoms with E-state index >= 15 is 0 Å². The molecule has 3 heteroatoms. The number of aliphatic hydroxyl groups is 1. The third-order valence-corrected chi connectivity index (χ3v) is 3.13. The van der Waals surface area contributed by atoms with Crippen molar-refractivity contribution in [1.82, 2.24) is 5.32 Å². The van der Waals surface area contributed by atoms with Gasteiger partial charge < -0.3 is 10.4 Å². The van der Waals surface area contributed by atoms with Crippen molar-refractivity contribution >= 4 is 12.0 Å². The molecule has 1 aliphatic rings. The third kappa shape index (κ3) is 4.34. The number of carbonyl (C=O) groups is 1. The van der Waals surface area contributed by atoms with Crippen molar-refractivity contribution < 1.29 is 9.90 Å². The molecule has 0 bridgehead atoms. The molecule has 0 radical (unpaired) electrons. The molecule has 0 aromatic heterocycles. The van der Waals surface area contributed by atoms with Gasteiger partial charge in [0.15, 0.2) is 0 Å². The van der Waals surface area contributed by atoms with Crippen molar-refractivity contribution in [3.8, 4) is 0 Å². The largest absolute Gasteiger partial charge is 0.393 e. The monoisotopic (exact) mass is 245 g/mol. The van der Waals surface area contributed by atoms with Gasteiger partial charge in [0.05, 0.1) is 6.10 Å². The van der Waals surface area contributed by atoms with Crippen molar-refractivity contribution in [2.24, 2.45) is 5.92 Å². The van der Waals surface area contributed by atoms with Crippen LogP contribution in [0.2, 0.25) is 0 Å². The van der Waals surface area contributed by atoms with Crippen molar-refractivity contribution in [3.63, 3.8) is 0 Å². The minimum atomic E-state index is -0.247. The van der Waals surface area contributed by atoms with Crippen LogP contribution in [0.3, 0.4) is 0 Å². The van der Waals surface area contributed by atoms with Crippen LogP contribution in [0.5, 0.6) is 0 Å². The summed E-state index contributed by atoms with van der Waals surface area (Å²) < 4.78 is 0. The number of rotatable bonds is 6. The topological polar surface area (TPSA) is 49.3 Å². The van der Waals surface area contributed by atoms with E-state index < -0.39 is 0 Å². The maximum Gasteiger partial charge on any atom is 0.244 e. The molecular weight excluding hydrogens is 226 g/mol. The van der Waals surface area contributed by atoms with Gasteiger partial charge in [-0.1, -0.05) is 30.3 Å². The van der Waals surface area contributed by atoms with Crippen LogP contribution in [-0.4, -0.2) is 23.7 Å². The van der Waals surface area contributed by atoms with Gasteiger partial charge in [-0.2, -0.15) is 0 Å². The first-order valence-electron chi connectivity index (χ1n) is 6.45. The maximum absolute atomic E-state index is 11.5. The lowest BCUT2D eigenvalue weighted by Gasteiger charge is -2.08. The Morgan fingerprint density at radius 2 is 2.11 bits per heavy atom. The van der Waals surface area contributed by atoms with E-state index in [1.165, 1.54) is 6.08 Å². The first-order chi connectivity index (χ1) is 8.75. The summed E-state index contributed by atoms with van der Waals surface area (Å²) in [5, 5.41) is 12.4. The van der Waals surface area contributed by atoms with Crippen LogP contribution in [-0.2, 0) is 4.79 Å². The molecule has 18 heavy (non-hydrogen) atoms. The summed E-state index contributed by atoms with van der Waals surface area (Å²) in [6, 6.07) is 9.70. The highest BCUT2D eigenvalue weighted by Crippen LogP contribution is 2.33. The number of carbonyl (C=O) groups excluding carboxylic acids is 1. The molecule has 1 saturated carbocycles. The molecule has 2 N–H and O–H groups in total. The van der Waals surface area contributed by atoms with Gasteiger partial charge >= 0.3 is 0 Å². The van der Waals surface area contributed by atoms with Crippen LogP contribution in [0.25, 0.3) is 6.08 Å². The van der Waals surface area contributed by atoms with Crippen molar-refractivity contribution in [2.45, 2.75) is 25.4 Å². The zero-order valence-corrected chi connectivity index (χ0v) is 10.4. The van der Waals surface area contributed by atoms with Gasteiger partial charge in [0.1, 0.15) is 0 Å².